The van der Waals surface area contributed by atoms with E-state index < -0.39 is 12.2 Å². The van der Waals surface area contributed by atoms with Gasteiger partial charge in [0, 0.05) is 20.0 Å². The first-order chi connectivity index (χ1) is 8.15. The van der Waals surface area contributed by atoms with Crippen LogP contribution in [0.2, 0.25) is 0 Å². The van der Waals surface area contributed by atoms with Crippen molar-refractivity contribution in [2.45, 2.75) is 25.5 Å². The monoisotopic (exact) mass is 247 g/mol. The lowest BCUT2D eigenvalue weighted by Crippen LogP contribution is -2.35. The molecule has 17 heavy (non-hydrogen) atoms. The molecule has 0 bridgehead atoms. The van der Waals surface area contributed by atoms with Gasteiger partial charge in [0.2, 0.25) is 0 Å². The van der Waals surface area contributed by atoms with E-state index in [0.717, 1.165) is 5.06 Å². The van der Waals surface area contributed by atoms with Gasteiger partial charge in [-0.3, -0.25) is 4.79 Å². The van der Waals surface area contributed by atoms with Crippen LogP contribution in [0.5, 0.6) is 0 Å². The molecule has 7 heteroatoms. The number of ether oxygens (including phenoxy) is 2. The Hall–Kier alpha value is -1.18. The summed E-state index contributed by atoms with van der Waals surface area (Å²) in [6, 6.07) is 0. The Bertz CT molecular complexity index is 270. The molecule has 1 rings (SSSR count). The molecule has 1 saturated heterocycles. The van der Waals surface area contributed by atoms with Gasteiger partial charge < -0.3 is 19.4 Å². The quantitative estimate of drug-likeness (QED) is 0.607. The van der Waals surface area contributed by atoms with Crippen LogP contribution in [0, 0.1) is 0 Å². The van der Waals surface area contributed by atoms with Crippen molar-refractivity contribution in [3.8, 4) is 0 Å². The number of hydroxylamine groups is 2. The van der Waals surface area contributed by atoms with E-state index in [2.05, 4.69) is 0 Å². The molecule has 1 atom stereocenters. The van der Waals surface area contributed by atoms with Crippen molar-refractivity contribution < 1.29 is 29.0 Å². The molecule has 0 saturated carbocycles. The van der Waals surface area contributed by atoms with Crippen LogP contribution < -0.4 is 0 Å². The van der Waals surface area contributed by atoms with E-state index in [0.29, 0.717) is 13.2 Å². The Labute approximate surface area is 99.2 Å². The molecule has 1 aliphatic rings. The molecule has 7 nitrogen and oxygen atoms in total. The lowest BCUT2D eigenvalue weighted by Gasteiger charge is -2.18. The summed E-state index contributed by atoms with van der Waals surface area (Å²) in [4.78, 5) is 27.2. The molecule has 0 aromatic heterocycles. The summed E-state index contributed by atoms with van der Waals surface area (Å²) in [7, 11) is 1.55. The second-order valence-corrected chi connectivity index (χ2v) is 3.56. The van der Waals surface area contributed by atoms with Crippen molar-refractivity contribution in [1.82, 2.24) is 5.06 Å². The summed E-state index contributed by atoms with van der Waals surface area (Å²) in [6.45, 7) is 1.05. The Morgan fingerprint density at radius 2 is 2.24 bits per heavy atom. The van der Waals surface area contributed by atoms with Gasteiger partial charge in [0.1, 0.15) is 0 Å². The molecule has 1 heterocycles. The van der Waals surface area contributed by atoms with Gasteiger partial charge in [-0.2, -0.15) is 0 Å². The molecule has 0 aliphatic carbocycles. The Kier molecular flexibility index (Phi) is 5.88. The third kappa shape index (κ3) is 4.68. The maximum Gasteiger partial charge on any atom is 0.334 e. The molecule has 1 unspecified atom stereocenters. The first-order valence-electron chi connectivity index (χ1n) is 5.42. The highest BCUT2D eigenvalue weighted by Gasteiger charge is 2.32. The van der Waals surface area contributed by atoms with Gasteiger partial charge in [0.25, 0.3) is 5.91 Å². The number of hydrogen-bond acceptors (Lipinski definition) is 6. The van der Waals surface area contributed by atoms with Crippen LogP contribution in [-0.4, -0.2) is 55.2 Å². The van der Waals surface area contributed by atoms with Gasteiger partial charge in [0.15, 0.2) is 6.23 Å². The average molecular weight is 247 g/mol. The third-order valence-electron chi connectivity index (χ3n) is 2.22. The molecule has 1 amide bonds. The van der Waals surface area contributed by atoms with Gasteiger partial charge in [0.05, 0.1) is 26.2 Å². The van der Waals surface area contributed by atoms with E-state index in [9.17, 15) is 14.7 Å². The largest absolute Gasteiger partial charge is 0.382 e. The Morgan fingerprint density at radius 1 is 1.47 bits per heavy atom. The summed E-state index contributed by atoms with van der Waals surface area (Å²) in [5, 5.41) is 10.0. The number of methoxy groups -OCH3 is 1. The number of aliphatic hydroxyl groups is 1. The van der Waals surface area contributed by atoms with E-state index in [1.165, 1.54) is 0 Å². The van der Waals surface area contributed by atoms with Crippen molar-refractivity contribution in [1.29, 1.82) is 0 Å². The molecular formula is C10H17NO6. The van der Waals surface area contributed by atoms with Crippen LogP contribution in [0.1, 0.15) is 19.3 Å². The fourth-order valence-corrected chi connectivity index (χ4v) is 1.31. The maximum absolute atomic E-state index is 11.3. The lowest BCUT2D eigenvalue weighted by atomic mass is 10.4. The number of carbonyl (C=O) groups is 2. The summed E-state index contributed by atoms with van der Waals surface area (Å²) >= 11 is 0. The first kappa shape index (κ1) is 13.9. The first-order valence-corrected chi connectivity index (χ1v) is 5.42. The highest BCUT2D eigenvalue weighted by molar-refractivity contribution is 5.79. The van der Waals surface area contributed by atoms with Gasteiger partial charge in [-0.25, -0.2) is 4.79 Å². The van der Waals surface area contributed by atoms with Gasteiger partial charge in [-0.15, -0.1) is 5.06 Å². The normalized spacial score (nSPS) is 19.8. The summed E-state index contributed by atoms with van der Waals surface area (Å²) < 4.78 is 9.83. The van der Waals surface area contributed by atoms with Crippen molar-refractivity contribution >= 4 is 11.9 Å². The van der Waals surface area contributed by atoms with E-state index >= 15 is 0 Å². The van der Waals surface area contributed by atoms with Crippen LogP contribution in [0.15, 0.2) is 0 Å². The zero-order valence-electron chi connectivity index (χ0n) is 9.76. The van der Waals surface area contributed by atoms with Crippen LogP contribution in [0.4, 0.5) is 0 Å². The molecule has 0 aromatic carbocycles. The minimum absolute atomic E-state index is 0.0280. The minimum Gasteiger partial charge on any atom is -0.382 e. The highest BCUT2D eigenvalue weighted by Crippen LogP contribution is 2.16. The number of carbonyl (C=O) groups excluding carboxylic acids is 2. The molecule has 98 valence electrons. The standard InChI is InChI=1S/C10H17NO6/c1-15-6-7-16-5-4-10(14)17-11-8(12)2-3-9(11)13/h8,12H,2-7H2,1H3. The SMILES string of the molecule is COCCOCCC(=O)ON1C(=O)CCC1O. The fourth-order valence-electron chi connectivity index (χ4n) is 1.31. The van der Waals surface area contributed by atoms with Crippen molar-refractivity contribution in [2.75, 3.05) is 26.9 Å². The van der Waals surface area contributed by atoms with Gasteiger partial charge in [-0.05, 0) is 0 Å². The number of aliphatic hydroxyl groups excluding tert-OH is 1. The second kappa shape index (κ2) is 7.21. The van der Waals surface area contributed by atoms with Gasteiger partial charge >= 0.3 is 5.97 Å². The zero-order chi connectivity index (χ0) is 12.7. The van der Waals surface area contributed by atoms with E-state index in [-0.39, 0.29) is 31.8 Å². The average Bonchev–Trinajstić information content (AvgIpc) is 2.60. The third-order valence-corrected chi connectivity index (χ3v) is 2.22. The predicted molar refractivity (Wildman–Crippen MR) is 55.5 cm³/mol. The molecule has 0 radical (unpaired) electrons. The van der Waals surface area contributed by atoms with Crippen LogP contribution in [0.25, 0.3) is 0 Å². The highest BCUT2D eigenvalue weighted by atomic mass is 16.7. The van der Waals surface area contributed by atoms with Crippen molar-refractivity contribution in [3.05, 3.63) is 0 Å². The van der Waals surface area contributed by atoms with Crippen molar-refractivity contribution in [3.63, 3.8) is 0 Å². The summed E-state index contributed by atoms with van der Waals surface area (Å²) in [5.74, 6) is -0.983. The number of nitrogens with zero attached hydrogens (tertiary/aromatic N) is 1. The van der Waals surface area contributed by atoms with E-state index in [1.54, 1.807) is 7.11 Å². The smallest absolute Gasteiger partial charge is 0.334 e. The second-order valence-electron chi connectivity index (χ2n) is 3.56. The van der Waals surface area contributed by atoms with E-state index in [1.807, 2.05) is 0 Å². The number of amides is 1. The van der Waals surface area contributed by atoms with Gasteiger partial charge in [-0.1, -0.05) is 0 Å². The molecule has 1 N–H and O–H groups in total. The molecule has 1 fully saturated rings. The summed E-state index contributed by atoms with van der Waals surface area (Å²) in [5.41, 5.74) is 0. The Morgan fingerprint density at radius 3 is 2.82 bits per heavy atom. The minimum atomic E-state index is -1.03. The van der Waals surface area contributed by atoms with Crippen LogP contribution in [0.3, 0.4) is 0 Å². The molecular weight excluding hydrogens is 230 g/mol. The van der Waals surface area contributed by atoms with Crippen molar-refractivity contribution in [2.24, 2.45) is 0 Å². The maximum atomic E-state index is 11.3. The van der Waals surface area contributed by atoms with Crippen LogP contribution in [-0.2, 0) is 23.9 Å². The predicted octanol–water partition coefficient (Wildman–Crippen LogP) is -0.562. The van der Waals surface area contributed by atoms with E-state index in [4.69, 9.17) is 14.3 Å². The molecule has 0 spiro atoms. The molecule has 1 aliphatic heterocycles. The Balaban J connectivity index is 2.14. The zero-order valence-corrected chi connectivity index (χ0v) is 9.76. The number of rotatable bonds is 7. The number of hydrogen-bond donors (Lipinski definition) is 1. The topological polar surface area (TPSA) is 85.3 Å². The lowest BCUT2D eigenvalue weighted by molar-refractivity contribution is -0.221. The summed E-state index contributed by atoms with van der Waals surface area (Å²) in [6.07, 6.45) is -0.518. The fraction of sp³-hybridized carbons (Fsp3) is 0.800. The van der Waals surface area contributed by atoms with Crippen LogP contribution >= 0.6 is 0 Å². The molecule has 0 aromatic rings.